The highest BCUT2D eigenvalue weighted by molar-refractivity contribution is 5.83. The molecule has 0 aromatic rings. The maximum Gasteiger partial charge on any atom is 0.329 e. The van der Waals surface area contributed by atoms with Gasteiger partial charge >= 0.3 is 5.97 Å². The summed E-state index contributed by atoms with van der Waals surface area (Å²) in [6.07, 6.45) is 4.24. The van der Waals surface area contributed by atoms with Crippen LogP contribution in [0.4, 0.5) is 0 Å². The normalized spacial score (nSPS) is 24.6. The fourth-order valence-corrected chi connectivity index (χ4v) is 2.55. The third-order valence-electron chi connectivity index (χ3n) is 3.59. The van der Waals surface area contributed by atoms with Gasteiger partial charge < -0.3 is 20.5 Å². The monoisotopic (exact) mass is 272 g/mol. The van der Waals surface area contributed by atoms with Gasteiger partial charge in [0.1, 0.15) is 6.04 Å². The van der Waals surface area contributed by atoms with E-state index in [2.05, 4.69) is 15.4 Å². The van der Waals surface area contributed by atoms with Crippen molar-refractivity contribution < 1.29 is 19.4 Å². The fourth-order valence-electron chi connectivity index (χ4n) is 2.55. The van der Waals surface area contributed by atoms with Crippen LogP contribution in [0.25, 0.3) is 0 Å². The van der Waals surface area contributed by atoms with E-state index in [1.165, 1.54) is 14.0 Å². The minimum atomic E-state index is -0.677. The number of carbonyl (C=O) groups excluding carboxylic acids is 2. The number of ether oxygens (including phenoxy) is 1. The lowest BCUT2D eigenvalue weighted by Gasteiger charge is -2.32. The second-order valence-corrected chi connectivity index (χ2v) is 5.02. The molecule has 110 valence electrons. The zero-order valence-corrected chi connectivity index (χ0v) is 11.6. The summed E-state index contributed by atoms with van der Waals surface area (Å²) in [4.78, 5) is 22.6. The molecule has 1 rings (SSSR count). The van der Waals surface area contributed by atoms with Crippen LogP contribution >= 0.6 is 0 Å². The molecule has 3 atom stereocenters. The van der Waals surface area contributed by atoms with Crippen LogP contribution in [0.1, 0.15) is 32.6 Å². The Morgan fingerprint density at radius 2 is 2.05 bits per heavy atom. The highest BCUT2D eigenvalue weighted by atomic mass is 16.5. The van der Waals surface area contributed by atoms with Gasteiger partial charge in [0.05, 0.1) is 7.11 Å². The number of rotatable bonds is 6. The molecule has 1 aliphatic carbocycles. The first kappa shape index (κ1) is 15.9. The Morgan fingerprint density at radius 1 is 1.37 bits per heavy atom. The Morgan fingerprint density at radius 3 is 2.63 bits per heavy atom. The molecule has 0 spiro atoms. The highest BCUT2D eigenvalue weighted by Crippen LogP contribution is 2.23. The van der Waals surface area contributed by atoms with Crippen LogP contribution in [0.3, 0.4) is 0 Å². The summed E-state index contributed by atoms with van der Waals surface area (Å²) in [6, 6.07) is -0.483. The van der Waals surface area contributed by atoms with E-state index in [1.54, 1.807) is 0 Å². The topological polar surface area (TPSA) is 87.7 Å². The molecule has 0 saturated heterocycles. The molecule has 0 heterocycles. The lowest BCUT2D eigenvalue weighted by Crippen LogP contribution is -2.51. The lowest BCUT2D eigenvalue weighted by molar-refractivity contribution is -0.144. The zero-order valence-electron chi connectivity index (χ0n) is 11.6. The molecule has 6 heteroatoms. The van der Waals surface area contributed by atoms with Gasteiger partial charge in [-0.2, -0.15) is 0 Å². The number of hydrogen-bond acceptors (Lipinski definition) is 5. The predicted molar refractivity (Wildman–Crippen MR) is 70.5 cm³/mol. The first-order chi connectivity index (χ1) is 9.08. The summed E-state index contributed by atoms with van der Waals surface area (Å²) >= 11 is 0. The van der Waals surface area contributed by atoms with Crippen molar-refractivity contribution >= 4 is 11.9 Å². The zero-order chi connectivity index (χ0) is 14.3. The molecule has 1 saturated carbocycles. The maximum atomic E-state index is 11.5. The van der Waals surface area contributed by atoms with Crippen molar-refractivity contribution in [2.75, 3.05) is 20.3 Å². The average Bonchev–Trinajstić information content (AvgIpc) is 2.42. The molecule has 3 N–H and O–H groups in total. The number of amides is 1. The third kappa shape index (κ3) is 5.16. The first-order valence-corrected chi connectivity index (χ1v) is 6.77. The number of aliphatic hydroxyl groups excluding tert-OH is 1. The summed E-state index contributed by atoms with van der Waals surface area (Å²) in [5.41, 5.74) is 0. The number of nitrogens with one attached hydrogen (secondary N) is 2. The minimum absolute atomic E-state index is 0.153. The van der Waals surface area contributed by atoms with Crippen LogP contribution in [0.5, 0.6) is 0 Å². The number of methoxy groups -OCH3 is 1. The molecule has 0 aromatic heterocycles. The van der Waals surface area contributed by atoms with E-state index in [0.29, 0.717) is 6.54 Å². The van der Waals surface area contributed by atoms with Gasteiger partial charge in [0.2, 0.25) is 5.91 Å². The van der Waals surface area contributed by atoms with E-state index in [4.69, 9.17) is 0 Å². The predicted octanol–water partition coefficient (Wildman–Crippen LogP) is -0.195. The van der Waals surface area contributed by atoms with Crippen molar-refractivity contribution in [3.05, 3.63) is 0 Å². The molecule has 0 radical (unpaired) electrons. The molecule has 0 aliphatic heterocycles. The molecule has 0 bridgehead atoms. The second kappa shape index (κ2) is 8.12. The molecule has 0 aromatic carbocycles. The van der Waals surface area contributed by atoms with Crippen LogP contribution in [-0.4, -0.2) is 49.3 Å². The van der Waals surface area contributed by atoms with Gasteiger partial charge in [0, 0.05) is 26.1 Å². The number of esters is 1. The van der Waals surface area contributed by atoms with E-state index in [1.807, 2.05) is 0 Å². The van der Waals surface area contributed by atoms with E-state index in [0.717, 1.165) is 25.7 Å². The number of carbonyl (C=O) groups is 2. The van der Waals surface area contributed by atoms with Crippen molar-refractivity contribution in [3.8, 4) is 0 Å². The third-order valence-corrected chi connectivity index (χ3v) is 3.59. The Hall–Kier alpha value is -1.14. The van der Waals surface area contributed by atoms with Crippen LogP contribution in [0.15, 0.2) is 0 Å². The van der Waals surface area contributed by atoms with Crippen LogP contribution in [-0.2, 0) is 14.3 Å². The van der Waals surface area contributed by atoms with Crippen molar-refractivity contribution in [3.63, 3.8) is 0 Å². The molecular weight excluding hydrogens is 248 g/mol. The molecule has 6 nitrogen and oxygen atoms in total. The summed E-state index contributed by atoms with van der Waals surface area (Å²) in [7, 11) is 1.30. The number of aliphatic hydroxyl groups is 1. The van der Waals surface area contributed by atoms with Gasteiger partial charge in [0.15, 0.2) is 0 Å². The minimum Gasteiger partial charge on any atom is -0.467 e. The molecule has 19 heavy (non-hydrogen) atoms. The maximum absolute atomic E-state index is 11.5. The van der Waals surface area contributed by atoms with Gasteiger partial charge in [0.25, 0.3) is 0 Å². The Balaban J connectivity index is 2.49. The lowest BCUT2D eigenvalue weighted by atomic mass is 9.85. The van der Waals surface area contributed by atoms with E-state index in [-0.39, 0.29) is 24.5 Å². The van der Waals surface area contributed by atoms with E-state index < -0.39 is 12.0 Å². The molecule has 1 amide bonds. The smallest absolute Gasteiger partial charge is 0.329 e. The molecular formula is C13H24N2O4. The van der Waals surface area contributed by atoms with Gasteiger partial charge in [-0.25, -0.2) is 4.79 Å². The van der Waals surface area contributed by atoms with Gasteiger partial charge in [-0.3, -0.25) is 4.79 Å². The molecule has 3 unspecified atom stereocenters. The fraction of sp³-hybridized carbons (Fsp3) is 0.846. The SMILES string of the molecule is COC(=O)C(CNC1CCCCC1CO)NC(C)=O. The summed E-state index contributed by atoms with van der Waals surface area (Å²) in [6.45, 7) is 1.85. The van der Waals surface area contributed by atoms with Crippen LogP contribution in [0, 0.1) is 5.92 Å². The van der Waals surface area contributed by atoms with Gasteiger partial charge in [-0.1, -0.05) is 12.8 Å². The largest absolute Gasteiger partial charge is 0.467 e. The summed E-state index contributed by atoms with van der Waals surface area (Å²) in [5.74, 6) is -0.497. The quantitative estimate of drug-likeness (QED) is 0.583. The van der Waals surface area contributed by atoms with Crippen molar-refractivity contribution in [2.45, 2.75) is 44.7 Å². The van der Waals surface area contributed by atoms with Gasteiger partial charge in [-0.05, 0) is 18.8 Å². The Kier molecular flexibility index (Phi) is 6.80. The standard InChI is InChI=1S/C13H24N2O4/c1-9(17)15-12(13(18)19-2)7-14-11-6-4-3-5-10(11)8-16/h10-12,14,16H,3-8H2,1-2H3,(H,15,17). The molecule has 1 fully saturated rings. The van der Waals surface area contributed by atoms with Crippen molar-refractivity contribution in [1.82, 2.24) is 10.6 Å². The van der Waals surface area contributed by atoms with Crippen LogP contribution < -0.4 is 10.6 Å². The average molecular weight is 272 g/mol. The first-order valence-electron chi connectivity index (χ1n) is 6.77. The summed E-state index contributed by atoms with van der Waals surface area (Å²) in [5, 5.41) is 15.2. The van der Waals surface area contributed by atoms with E-state index >= 15 is 0 Å². The molecule has 1 aliphatic rings. The van der Waals surface area contributed by atoms with E-state index in [9.17, 15) is 14.7 Å². The van der Waals surface area contributed by atoms with Crippen molar-refractivity contribution in [1.29, 1.82) is 0 Å². The number of hydrogen-bond donors (Lipinski definition) is 3. The Bertz CT molecular complexity index is 309. The Labute approximate surface area is 113 Å². The second-order valence-electron chi connectivity index (χ2n) is 5.02. The van der Waals surface area contributed by atoms with Gasteiger partial charge in [-0.15, -0.1) is 0 Å². The van der Waals surface area contributed by atoms with Crippen molar-refractivity contribution in [2.24, 2.45) is 5.92 Å². The highest BCUT2D eigenvalue weighted by Gasteiger charge is 2.27. The summed E-state index contributed by atoms with van der Waals surface area (Å²) < 4.78 is 4.66. The van der Waals surface area contributed by atoms with Crippen LogP contribution in [0.2, 0.25) is 0 Å².